The van der Waals surface area contributed by atoms with Gasteiger partial charge in [0.05, 0.1) is 5.56 Å². The van der Waals surface area contributed by atoms with E-state index in [4.69, 9.17) is 10.00 Å². The van der Waals surface area contributed by atoms with Crippen molar-refractivity contribution in [2.24, 2.45) is 0 Å². The maximum Gasteiger partial charge on any atom is 0.258 e. The van der Waals surface area contributed by atoms with E-state index in [0.717, 1.165) is 12.1 Å². The Morgan fingerprint density at radius 3 is 2.50 bits per heavy atom. The summed E-state index contributed by atoms with van der Waals surface area (Å²) in [5, 5.41) is 11.9. The summed E-state index contributed by atoms with van der Waals surface area (Å²) >= 11 is 0. The molecule has 0 unspecified atom stereocenters. The summed E-state index contributed by atoms with van der Waals surface area (Å²) in [5.41, 5.74) is 2.79. The number of rotatable bonds is 7. The fourth-order valence-corrected chi connectivity index (χ4v) is 3.04. The topological polar surface area (TPSA) is 65.4 Å². The summed E-state index contributed by atoms with van der Waals surface area (Å²) in [6.07, 6.45) is 2.59. The molecule has 1 aliphatic heterocycles. The Kier molecular flexibility index (Phi) is 6.24. The molecule has 1 N–H and O–H groups in total. The van der Waals surface area contributed by atoms with Crippen LogP contribution in [0.1, 0.15) is 29.5 Å². The number of carbonyl (C=O) groups excluding carboxylic acids is 1. The van der Waals surface area contributed by atoms with Crippen LogP contribution in [0.5, 0.6) is 5.75 Å². The molecule has 0 saturated carbocycles. The molecule has 134 valence electrons. The molecular formula is C21H23N3O2. The van der Waals surface area contributed by atoms with E-state index in [1.165, 1.54) is 31.5 Å². The van der Waals surface area contributed by atoms with Gasteiger partial charge in [0.15, 0.2) is 6.61 Å². The first-order valence-corrected chi connectivity index (χ1v) is 8.93. The molecule has 1 fully saturated rings. The van der Waals surface area contributed by atoms with E-state index in [0.29, 0.717) is 17.9 Å². The normalized spacial score (nSPS) is 14.0. The van der Waals surface area contributed by atoms with E-state index < -0.39 is 0 Å². The highest BCUT2D eigenvalue weighted by atomic mass is 16.5. The molecule has 0 atom stereocenters. The molecule has 1 amide bonds. The lowest BCUT2D eigenvalue weighted by atomic mass is 10.1. The zero-order valence-electron chi connectivity index (χ0n) is 14.8. The van der Waals surface area contributed by atoms with Crippen molar-refractivity contribution in [3.63, 3.8) is 0 Å². The van der Waals surface area contributed by atoms with Gasteiger partial charge in [0, 0.05) is 13.1 Å². The third-order valence-corrected chi connectivity index (χ3v) is 4.48. The minimum atomic E-state index is -0.209. The quantitative estimate of drug-likeness (QED) is 0.835. The van der Waals surface area contributed by atoms with Crippen LogP contribution in [0.25, 0.3) is 0 Å². The van der Waals surface area contributed by atoms with Gasteiger partial charge in [-0.15, -0.1) is 0 Å². The number of benzene rings is 2. The monoisotopic (exact) mass is 349 g/mol. The van der Waals surface area contributed by atoms with Gasteiger partial charge in [0.2, 0.25) is 0 Å². The van der Waals surface area contributed by atoms with E-state index in [1.54, 1.807) is 24.3 Å². The third kappa shape index (κ3) is 5.08. The molecule has 2 aromatic rings. The van der Waals surface area contributed by atoms with Gasteiger partial charge in [-0.05, 0) is 49.2 Å². The second-order valence-corrected chi connectivity index (χ2v) is 6.47. The molecule has 1 aliphatic rings. The molecule has 0 aromatic heterocycles. The number of likely N-dealkylation sites (tertiary alicyclic amines) is 1. The molecule has 0 aliphatic carbocycles. The fourth-order valence-electron chi connectivity index (χ4n) is 3.04. The van der Waals surface area contributed by atoms with E-state index in [9.17, 15) is 4.79 Å². The highest BCUT2D eigenvalue weighted by Crippen LogP contribution is 2.16. The number of nitrogens with zero attached hydrogens (tertiary/aromatic N) is 2. The van der Waals surface area contributed by atoms with Crippen LogP contribution in [0.4, 0.5) is 0 Å². The number of carbonyl (C=O) groups is 1. The van der Waals surface area contributed by atoms with Crippen LogP contribution >= 0.6 is 0 Å². The Morgan fingerprint density at radius 1 is 1.08 bits per heavy atom. The molecule has 5 nitrogen and oxygen atoms in total. The molecular weight excluding hydrogens is 326 g/mol. The van der Waals surface area contributed by atoms with Crippen LogP contribution in [-0.4, -0.2) is 30.5 Å². The third-order valence-electron chi connectivity index (χ3n) is 4.48. The lowest BCUT2D eigenvalue weighted by molar-refractivity contribution is -0.123. The molecule has 1 saturated heterocycles. The van der Waals surface area contributed by atoms with Crippen molar-refractivity contribution in [3.8, 4) is 11.8 Å². The van der Waals surface area contributed by atoms with Crippen molar-refractivity contribution in [1.29, 1.82) is 5.26 Å². The molecule has 2 aromatic carbocycles. The van der Waals surface area contributed by atoms with Crippen LogP contribution in [0, 0.1) is 11.3 Å². The minimum absolute atomic E-state index is 0.105. The average molecular weight is 349 g/mol. The number of para-hydroxylation sites is 1. The van der Waals surface area contributed by atoms with Gasteiger partial charge in [0.1, 0.15) is 11.8 Å². The van der Waals surface area contributed by atoms with Crippen LogP contribution in [0.15, 0.2) is 48.5 Å². The Balaban J connectivity index is 1.43. The first-order valence-electron chi connectivity index (χ1n) is 8.93. The predicted octanol–water partition coefficient (Wildman–Crippen LogP) is 2.85. The SMILES string of the molecule is N#Cc1ccccc1OCC(=O)NCc1ccc(CN2CCCC2)cc1. The van der Waals surface area contributed by atoms with E-state index >= 15 is 0 Å². The van der Waals surface area contributed by atoms with E-state index in [-0.39, 0.29) is 12.5 Å². The van der Waals surface area contributed by atoms with Gasteiger partial charge in [-0.25, -0.2) is 0 Å². The molecule has 3 rings (SSSR count). The van der Waals surface area contributed by atoms with Crippen molar-refractivity contribution >= 4 is 5.91 Å². The molecule has 0 radical (unpaired) electrons. The maximum absolute atomic E-state index is 12.0. The van der Waals surface area contributed by atoms with Crippen molar-refractivity contribution in [1.82, 2.24) is 10.2 Å². The number of hydrogen-bond acceptors (Lipinski definition) is 4. The van der Waals surface area contributed by atoms with Crippen LogP contribution in [0.3, 0.4) is 0 Å². The second kappa shape index (κ2) is 9.02. The van der Waals surface area contributed by atoms with Gasteiger partial charge < -0.3 is 10.1 Å². The second-order valence-electron chi connectivity index (χ2n) is 6.47. The van der Waals surface area contributed by atoms with Gasteiger partial charge in [-0.3, -0.25) is 9.69 Å². The summed E-state index contributed by atoms with van der Waals surface area (Å²) in [7, 11) is 0. The maximum atomic E-state index is 12.0. The van der Waals surface area contributed by atoms with Crippen molar-refractivity contribution in [3.05, 3.63) is 65.2 Å². The van der Waals surface area contributed by atoms with E-state index in [2.05, 4.69) is 34.5 Å². The standard InChI is InChI=1S/C21H23N3O2/c22-13-19-5-1-2-6-20(19)26-16-21(25)23-14-17-7-9-18(10-8-17)15-24-11-3-4-12-24/h1-2,5-10H,3-4,11-12,14-16H2,(H,23,25). The van der Waals surface area contributed by atoms with Crippen LogP contribution < -0.4 is 10.1 Å². The Labute approximate surface area is 154 Å². The summed E-state index contributed by atoms with van der Waals surface area (Å²) in [4.78, 5) is 14.4. The summed E-state index contributed by atoms with van der Waals surface area (Å²) in [5.74, 6) is 0.218. The number of nitriles is 1. The number of hydrogen-bond donors (Lipinski definition) is 1. The molecule has 26 heavy (non-hydrogen) atoms. The Morgan fingerprint density at radius 2 is 1.77 bits per heavy atom. The van der Waals surface area contributed by atoms with Crippen LogP contribution in [-0.2, 0) is 17.9 Å². The van der Waals surface area contributed by atoms with Gasteiger partial charge in [-0.2, -0.15) is 5.26 Å². The first kappa shape index (κ1) is 18.0. The minimum Gasteiger partial charge on any atom is -0.482 e. The number of ether oxygens (including phenoxy) is 1. The molecule has 0 bridgehead atoms. The molecule has 1 heterocycles. The molecule has 0 spiro atoms. The number of nitrogens with one attached hydrogen (secondary N) is 1. The van der Waals surface area contributed by atoms with Crippen molar-refractivity contribution < 1.29 is 9.53 Å². The van der Waals surface area contributed by atoms with Gasteiger partial charge in [-0.1, -0.05) is 36.4 Å². The highest BCUT2D eigenvalue weighted by molar-refractivity contribution is 5.77. The average Bonchev–Trinajstić information content (AvgIpc) is 3.19. The zero-order valence-corrected chi connectivity index (χ0v) is 14.8. The summed E-state index contributed by atoms with van der Waals surface area (Å²) < 4.78 is 5.43. The van der Waals surface area contributed by atoms with Gasteiger partial charge in [0.25, 0.3) is 5.91 Å². The summed E-state index contributed by atoms with van der Waals surface area (Å²) in [6, 6.07) is 17.3. The highest BCUT2D eigenvalue weighted by Gasteiger charge is 2.11. The zero-order chi connectivity index (χ0) is 18.2. The largest absolute Gasteiger partial charge is 0.482 e. The smallest absolute Gasteiger partial charge is 0.258 e. The molecule has 5 heteroatoms. The number of amides is 1. The predicted molar refractivity (Wildman–Crippen MR) is 99.5 cm³/mol. The lowest BCUT2D eigenvalue weighted by Gasteiger charge is -2.14. The summed E-state index contributed by atoms with van der Waals surface area (Å²) in [6.45, 7) is 3.73. The van der Waals surface area contributed by atoms with Gasteiger partial charge >= 0.3 is 0 Å². The van der Waals surface area contributed by atoms with Crippen molar-refractivity contribution in [2.75, 3.05) is 19.7 Å². The Bertz CT molecular complexity index is 775. The Hall–Kier alpha value is -2.84. The lowest BCUT2D eigenvalue weighted by Crippen LogP contribution is -2.28. The van der Waals surface area contributed by atoms with Crippen LogP contribution in [0.2, 0.25) is 0 Å². The fraction of sp³-hybridized carbons (Fsp3) is 0.333. The van der Waals surface area contributed by atoms with Crippen molar-refractivity contribution in [2.45, 2.75) is 25.9 Å². The first-order chi connectivity index (χ1) is 12.7. The van der Waals surface area contributed by atoms with E-state index in [1.807, 2.05) is 6.07 Å².